The number of ether oxygens (including phenoxy) is 1. The zero-order valence-corrected chi connectivity index (χ0v) is 15.4. The van der Waals surface area contributed by atoms with Crippen LogP contribution in [0, 0.1) is 13.8 Å². The predicted molar refractivity (Wildman–Crippen MR) is 99.9 cm³/mol. The lowest BCUT2D eigenvalue weighted by molar-refractivity contribution is 0.330. The van der Waals surface area contributed by atoms with E-state index in [1.807, 2.05) is 6.92 Å². The molecule has 0 bridgehead atoms. The first-order valence-electron chi connectivity index (χ1n) is 8.92. The first kappa shape index (κ1) is 18.2. The van der Waals surface area contributed by atoms with Gasteiger partial charge in [0.25, 0.3) is 0 Å². The summed E-state index contributed by atoms with van der Waals surface area (Å²) < 4.78 is 5.92. The van der Waals surface area contributed by atoms with Crippen LogP contribution in [0.1, 0.15) is 49.1 Å². The first-order chi connectivity index (χ1) is 11.7. The molecule has 0 radical (unpaired) electrons. The number of hydrogen-bond donors (Lipinski definition) is 1. The molecule has 0 atom stereocenters. The van der Waals surface area contributed by atoms with Gasteiger partial charge in [-0.1, -0.05) is 32.4 Å². The van der Waals surface area contributed by atoms with Crippen molar-refractivity contribution in [2.45, 2.75) is 53.4 Å². The van der Waals surface area contributed by atoms with Crippen molar-refractivity contribution in [2.75, 3.05) is 18.5 Å². The topological polar surface area (TPSA) is 47.0 Å². The van der Waals surface area contributed by atoms with Crippen molar-refractivity contribution in [1.82, 2.24) is 9.97 Å². The number of anilines is 1. The van der Waals surface area contributed by atoms with Gasteiger partial charge in [-0.3, -0.25) is 0 Å². The van der Waals surface area contributed by atoms with Crippen molar-refractivity contribution in [2.24, 2.45) is 0 Å². The molecule has 0 aliphatic rings. The van der Waals surface area contributed by atoms with Gasteiger partial charge in [-0.15, -0.1) is 0 Å². The summed E-state index contributed by atoms with van der Waals surface area (Å²) in [5, 5.41) is 3.36. The Kier molecular flexibility index (Phi) is 7.04. The molecule has 0 amide bonds. The third-order valence-corrected chi connectivity index (χ3v) is 4.22. The average molecular weight is 327 g/mol. The molecule has 0 unspecified atom stereocenters. The Balaban J connectivity index is 1.85. The maximum atomic E-state index is 5.92. The summed E-state index contributed by atoms with van der Waals surface area (Å²) in [7, 11) is 0. The Hall–Kier alpha value is -2.10. The lowest BCUT2D eigenvalue weighted by atomic mass is 10.1. The van der Waals surface area contributed by atoms with Crippen LogP contribution in [0.25, 0.3) is 0 Å². The van der Waals surface area contributed by atoms with Crippen molar-refractivity contribution >= 4 is 5.82 Å². The van der Waals surface area contributed by atoms with Crippen molar-refractivity contribution < 1.29 is 4.74 Å². The van der Waals surface area contributed by atoms with Gasteiger partial charge in [-0.25, -0.2) is 9.97 Å². The second kappa shape index (κ2) is 9.26. The summed E-state index contributed by atoms with van der Waals surface area (Å²) in [5.74, 6) is 1.88. The molecule has 1 N–H and O–H groups in total. The highest BCUT2D eigenvalue weighted by atomic mass is 16.5. The fourth-order valence-electron chi connectivity index (χ4n) is 2.82. The van der Waals surface area contributed by atoms with Crippen LogP contribution in [-0.2, 0) is 12.8 Å². The van der Waals surface area contributed by atoms with Crippen LogP contribution in [0.5, 0.6) is 5.75 Å². The Morgan fingerprint density at radius 1 is 1.12 bits per heavy atom. The largest absolute Gasteiger partial charge is 0.491 e. The predicted octanol–water partition coefficient (Wildman–Crippen LogP) is 4.49. The van der Waals surface area contributed by atoms with E-state index in [4.69, 9.17) is 4.74 Å². The Labute approximate surface area is 145 Å². The van der Waals surface area contributed by atoms with Gasteiger partial charge in [0.2, 0.25) is 0 Å². The Morgan fingerprint density at radius 3 is 2.67 bits per heavy atom. The minimum absolute atomic E-state index is 0.612. The van der Waals surface area contributed by atoms with Gasteiger partial charge in [-0.05, 0) is 50.3 Å². The Morgan fingerprint density at radius 2 is 1.96 bits per heavy atom. The molecule has 0 saturated carbocycles. The number of aryl methyl sites for hydroxylation is 3. The van der Waals surface area contributed by atoms with Crippen LogP contribution in [0.15, 0.2) is 24.5 Å². The third kappa shape index (κ3) is 4.95. The van der Waals surface area contributed by atoms with E-state index >= 15 is 0 Å². The normalized spacial score (nSPS) is 10.7. The van der Waals surface area contributed by atoms with Gasteiger partial charge in [0, 0.05) is 11.3 Å². The molecule has 0 spiro atoms. The zero-order valence-electron chi connectivity index (χ0n) is 15.4. The van der Waals surface area contributed by atoms with E-state index in [0.29, 0.717) is 6.61 Å². The smallest absolute Gasteiger partial charge is 0.132 e. The van der Waals surface area contributed by atoms with Crippen molar-refractivity contribution in [3.05, 3.63) is 46.9 Å². The SMILES string of the molecule is CCCCc1ccc(OCCNc2ncnc(C)c2CC)c(C)c1. The number of unbranched alkanes of at least 4 members (excludes halogenated alkanes) is 1. The summed E-state index contributed by atoms with van der Waals surface area (Å²) in [5.41, 5.74) is 4.81. The molecule has 130 valence electrons. The molecule has 2 rings (SSSR count). The van der Waals surface area contributed by atoms with E-state index in [-0.39, 0.29) is 0 Å². The van der Waals surface area contributed by atoms with E-state index in [1.54, 1.807) is 6.33 Å². The molecular weight excluding hydrogens is 298 g/mol. The summed E-state index contributed by atoms with van der Waals surface area (Å²) in [4.78, 5) is 8.58. The lowest BCUT2D eigenvalue weighted by Gasteiger charge is -2.13. The molecule has 1 aromatic heterocycles. The number of aromatic nitrogens is 2. The molecule has 1 heterocycles. The zero-order chi connectivity index (χ0) is 17.4. The van der Waals surface area contributed by atoms with E-state index in [1.165, 1.54) is 29.5 Å². The molecule has 0 aliphatic heterocycles. The summed E-state index contributed by atoms with van der Waals surface area (Å²) >= 11 is 0. The summed E-state index contributed by atoms with van der Waals surface area (Å²) in [6, 6.07) is 6.50. The van der Waals surface area contributed by atoms with Gasteiger partial charge in [0.1, 0.15) is 24.5 Å². The van der Waals surface area contributed by atoms with Crippen LogP contribution >= 0.6 is 0 Å². The lowest BCUT2D eigenvalue weighted by Crippen LogP contribution is -2.14. The fourth-order valence-corrected chi connectivity index (χ4v) is 2.82. The van der Waals surface area contributed by atoms with Crippen molar-refractivity contribution in [3.8, 4) is 5.75 Å². The molecular formula is C20H29N3O. The van der Waals surface area contributed by atoms with Gasteiger partial charge >= 0.3 is 0 Å². The Bertz CT molecular complexity index is 655. The van der Waals surface area contributed by atoms with E-state index in [2.05, 4.69) is 54.3 Å². The van der Waals surface area contributed by atoms with E-state index in [9.17, 15) is 0 Å². The highest BCUT2D eigenvalue weighted by molar-refractivity contribution is 5.45. The molecule has 4 heteroatoms. The molecule has 2 aromatic rings. The van der Waals surface area contributed by atoms with Crippen molar-refractivity contribution in [1.29, 1.82) is 0 Å². The number of nitrogens with one attached hydrogen (secondary N) is 1. The molecule has 0 aliphatic carbocycles. The van der Waals surface area contributed by atoms with Gasteiger partial charge in [-0.2, -0.15) is 0 Å². The van der Waals surface area contributed by atoms with Crippen LogP contribution in [0.4, 0.5) is 5.82 Å². The number of hydrogen-bond acceptors (Lipinski definition) is 4. The highest BCUT2D eigenvalue weighted by Crippen LogP contribution is 2.20. The summed E-state index contributed by atoms with van der Waals surface area (Å²) in [6.07, 6.45) is 6.14. The number of rotatable bonds is 9. The molecule has 0 fully saturated rings. The third-order valence-electron chi connectivity index (χ3n) is 4.22. The van der Waals surface area contributed by atoms with Crippen LogP contribution in [0.2, 0.25) is 0 Å². The minimum atomic E-state index is 0.612. The number of nitrogens with zero attached hydrogens (tertiary/aromatic N) is 2. The first-order valence-corrected chi connectivity index (χ1v) is 8.92. The van der Waals surface area contributed by atoms with Gasteiger partial charge in [0.05, 0.1) is 6.54 Å². The maximum Gasteiger partial charge on any atom is 0.132 e. The minimum Gasteiger partial charge on any atom is -0.491 e. The second-order valence-corrected chi connectivity index (χ2v) is 6.12. The van der Waals surface area contributed by atoms with Gasteiger partial charge in [0.15, 0.2) is 0 Å². The average Bonchev–Trinajstić information content (AvgIpc) is 2.58. The van der Waals surface area contributed by atoms with E-state index in [0.717, 1.165) is 36.6 Å². The number of benzene rings is 1. The van der Waals surface area contributed by atoms with Crippen LogP contribution in [0.3, 0.4) is 0 Å². The summed E-state index contributed by atoms with van der Waals surface area (Å²) in [6.45, 7) is 9.81. The van der Waals surface area contributed by atoms with E-state index < -0.39 is 0 Å². The highest BCUT2D eigenvalue weighted by Gasteiger charge is 2.06. The second-order valence-electron chi connectivity index (χ2n) is 6.12. The van der Waals surface area contributed by atoms with Crippen LogP contribution < -0.4 is 10.1 Å². The molecule has 1 aromatic carbocycles. The molecule has 24 heavy (non-hydrogen) atoms. The monoisotopic (exact) mass is 327 g/mol. The molecule has 0 saturated heterocycles. The van der Waals surface area contributed by atoms with Crippen LogP contribution in [-0.4, -0.2) is 23.1 Å². The quantitative estimate of drug-likeness (QED) is 0.689. The molecule has 4 nitrogen and oxygen atoms in total. The van der Waals surface area contributed by atoms with Gasteiger partial charge < -0.3 is 10.1 Å². The standard InChI is InChI=1S/C20H29N3O/c1-5-7-8-17-9-10-19(15(3)13-17)24-12-11-21-20-18(6-2)16(4)22-14-23-20/h9-10,13-14H,5-8,11-12H2,1-4H3,(H,21,22,23). The van der Waals surface area contributed by atoms with Crippen molar-refractivity contribution in [3.63, 3.8) is 0 Å². The maximum absolute atomic E-state index is 5.92. The fraction of sp³-hybridized carbons (Fsp3) is 0.500.